The third-order valence-corrected chi connectivity index (χ3v) is 9.93. The molecule has 4 heterocycles. The molecule has 232 valence electrons. The molecule has 2 aromatic carbocycles. The van der Waals surface area contributed by atoms with Gasteiger partial charge in [-0.05, 0) is 55.5 Å². The van der Waals surface area contributed by atoms with Gasteiger partial charge in [-0.25, -0.2) is 9.69 Å². The van der Waals surface area contributed by atoms with Crippen molar-refractivity contribution in [3.63, 3.8) is 0 Å². The van der Waals surface area contributed by atoms with Gasteiger partial charge in [0.2, 0.25) is 17.7 Å². The topological polar surface area (TPSA) is 128 Å². The van der Waals surface area contributed by atoms with Gasteiger partial charge < -0.3 is 14.5 Å². The van der Waals surface area contributed by atoms with Crippen molar-refractivity contribution in [2.45, 2.75) is 35.8 Å². The first-order valence-electron chi connectivity index (χ1n) is 13.5. The Hall–Kier alpha value is -4.63. The number of hydrogen-bond donors (Lipinski definition) is 1. The van der Waals surface area contributed by atoms with Gasteiger partial charge in [-0.3, -0.25) is 23.7 Å². The van der Waals surface area contributed by atoms with Crippen LogP contribution in [0.15, 0.2) is 81.2 Å². The lowest BCUT2D eigenvalue weighted by atomic mass is 9.86. The third kappa shape index (κ3) is 5.46. The van der Waals surface area contributed by atoms with E-state index < -0.39 is 69.6 Å². The van der Waals surface area contributed by atoms with Crippen LogP contribution in [0.1, 0.15) is 39.4 Å². The lowest BCUT2D eigenvalue weighted by molar-refractivity contribution is -0.137. The Kier molecular flexibility index (Phi) is 7.91. The molecule has 3 amide bonds. The number of para-hydroxylation sites is 1. The number of alkyl halides is 3. The summed E-state index contributed by atoms with van der Waals surface area (Å²) in [6.07, 6.45) is -3.48. The Morgan fingerprint density at radius 3 is 2.40 bits per heavy atom. The predicted molar refractivity (Wildman–Crippen MR) is 157 cm³/mol. The summed E-state index contributed by atoms with van der Waals surface area (Å²) in [5.41, 5.74) is -1.08. The number of carbonyl (C=O) groups excluding carboxylic acids is 4. The van der Waals surface area contributed by atoms with Crippen molar-refractivity contribution in [2.75, 3.05) is 16.8 Å². The normalized spacial score (nSPS) is 19.3. The fourth-order valence-electron chi connectivity index (χ4n) is 5.42. The summed E-state index contributed by atoms with van der Waals surface area (Å²) in [5.74, 6) is -4.71. The van der Waals surface area contributed by atoms with Gasteiger partial charge in [0.15, 0.2) is 0 Å². The number of benzene rings is 2. The molecule has 10 nitrogen and oxygen atoms in total. The minimum absolute atomic E-state index is 0.204. The van der Waals surface area contributed by atoms with E-state index in [0.29, 0.717) is 15.5 Å². The average Bonchev–Trinajstić information content (AvgIpc) is 3.70. The molecule has 0 radical (unpaired) electrons. The minimum atomic E-state index is -4.83. The van der Waals surface area contributed by atoms with Gasteiger partial charge in [0.05, 0.1) is 51.4 Å². The van der Waals surface area contributed by atoms with E-state index in [1.807, 2.05) is 0 Å². The van der Waals surface area contributed by atoms with E-state index in [9.17, 15) is 37.1 Å². The Labute approximate surface area is 260 Å². The zero-order chi connectivity index (χ0) is 32.0. The molecule has 3 unspecified atom stereocenters. The van der Waals surface area contributed by atoms with Crippen molar-refractivity contribution in [3.8, 4) is 0 Å². The highest BCUT2D eigenvalue weighted by Gasteiger charge is 2.58. The van der Waals surface area contributed by atoms with Gasteiger partial charge in [-0.1, -0.05) is 35.2 Å². The maximum Gasteiger partial charge on any atom is 0.418 e. The molecular formula is C30H22F3N3O7S2. The molecule has 15 heteroatoms. The largest absolute Gasteiger partial charge is 0.469 e. The van der Waals surface area contributed by atoms with Crippen LogP contribution >= 0.6 is 23.1 Å². The number of amides is 3. The summed E-state index contributed by atoms with van der Waals surface area (Å²) in [4.78, 5) is 66.1. The smallest absolute Gasteiger partial charge is 0.418 e. The first-order chi connectivity index (χ1) is 21.5. The summed E-state index contributed by atoms with van der Waals surface area (Å²) in [5, 5.41) is 1.70. The molecule has 2 aliphatic heterocycles. The number of thiazole rings is 1. The highest BCUT2D eigenvalue weighted by Crippen LogP contribution is 2.54. The van der Waals surface area contributed by atoms with E-state index in [1.54, 1.807) is 19.1 Å². The van der Waals surface area contributed by atoms with E-state index in [0.717, 1.165) is 35.2 Å². The second-order valence-electron chi connectivity index (χ2n) is 10.1. The first-order valence-corrected chi connectivity index (χ1v) is 15.2. The minimum Gasteiger partial charge on any atom is -0.469 e. The number of carbonyl (C=O) groups is 4. The summed E-state index contributed by atoms with van der Waals surface area (Å²) in [6.45, 7) is 1.43. The SMILES string of the molecule is CCOC(=O)c1ccc(NC(=O)Cn2c3c(sc2=O)C(c2ccco2)C2C(=O)N(c4ccccc4C(F)(F)F)C(=O)C2S3)cc1. The molecule has 1 saturated heterocycles. The number of halogens is 3. The van der Waals surface area contributed by atoms with E-state index >= 15 is 0 Å². The number of fused-ring (bicyclic) bond motifs is 2. The van der Waals surface area contributed by atoms with Crippen LogP contribution in [0.5, 0.6) is 0 Å². The number of hydrogen-bond acceptors (Lipinski definition) is 9. The van der Waals surface area contributed by atoms with Crippen LogP contribution in [-0.2, 0) is 31.8 Å². The Balaban J connectivity index is 1.33. The average molecular weight is 658 g/mol. The monoisotopic (exact) mass is 657 g/mol. The number of nitrogens with one attached hydrogen (secondary N) is 1. The summed E-state index contributed by atoms with van der Waals surface area (Å²) < 4.78 is 53.4. The molecule has 2 aromatic heterocycles. The molecule has 45 heavy (non-hydrogen) atoms. The summed E-state index contributed by atoms with van der Waals surface area (Å²) in [6, 6.07) is 13.4. The Morgan fingerprint density at radius 1 is 1.00 bits per heavy atom. The van der Waals surface area contributed by atoms with Crippen LogP contribution in [0.25, 0.3) is 0 Å². The number of nitrogens with zero attached hydrogens (tertiary/aromatic N) is 2. The Morgan fingerprint density at radius 2 is 1.73 bits per heavy atom. The number of aromatic nitrogens is 1. The first kappa shape index (κ1) is 30.4. The van der Waals surface area contributed by atoms with Gasteiger partial charge in [-0.15, -0.1) is 0 Å². The number of rotatable bonds is 7. The highest BCUT2D eigenvalue weighted by molar-refractivity contribution is 8.00. The molecular weight excluding hydrogens is 635 g/mol. The molecule has 6 rings (SSSR count). The van der Waals surface area contributed by atoms with Crippen LogP contribution in [-0.4, -0.2) is 40.1 Å². The number of esters is 1. The van der Waals surface area contributed by atoms with Crippen LogP contribution in [0.3, 0.4) is 0 Å². The van der Waals surface area contributed by atoms with Crippen molar-refractivity contribution in [3.05, 3.63) is 98.4 Å². The molecule has 3 atom stereocenters. The predicted octanol–water partition coefficient (Wildman–Crippen LogP) is 5.13. The maximum atomic E-state index is 13.9. The number of anilines is 2. The molecule has 1 fully saturated rings. The third-order valence-electron chi connectivity index (χ3n) is 7.33. The number of ether oxygens (including phenoxy) is 1. The maximum absolute atomic E-state index is 13.9. The van der Waals surface area contributed by atoms with Crippen LogP contribution in [0.2, 0.25) is 0 Å². The van der Waals surface area contributed by atoms with Crippen molar-refractivity contribution < 1.29 is 41.5 Å². The second kappa shape index (κ2) is 11.7. The van der Waals surface area contributed by atoms with E-state index in [-0.39, 0.29) is 23.0 Å². The molecule has 0 bridgehead atoms. The fraction of sp³-hybridized carbons (Fsp3) is 0.233. The lowest BCUT2D eigenvalue weighted by Crippen LogP contribution is -2.33. The van der Waals surface area contributed by atoms with E-state index in [1.165, 1.54) is 47.2 Å². The molecule has 0 saturated carbocycles. The van der Waals surface area contributed by atoms with Crippen molar-refractivity contribution in [1.29, 1.82) is 0 Å². The van der Waals surface area contributed by atoms with Crippen LogP contribution in [0.4, 0.5) is 24.5 Å². The van der Waals surface area contributed by atoms with Gasteiger partial charge >= 0.3 is 17.0 Å². The van der Waals surface area contributed by atoms with Crippen molar-refractivity contribution in [1.82, 2.24) is 4.57 Å². The Bertz CT molecular complexity index is 1870. The molecule has 0 spiro atoms. The summed E-state index contributed by atoms with van der Waals surface area (Å²) >= 11 is 1.64. The lowest BCUT2D eigenvalue weighted by Gasteiger charge is -2.29. The van der Waals surface area contributed by atoms with Crippen LogP contribution < -0.4 is 15.1 Å². The number of imide groups is 1. The van der Waals surface area contributed by atoms with Crippen molar-refractivity contribution in [2.24, 2.45) is 5.92 Å². The van der Waals surface area contributed by atoms with E-state index in [4.69, 9.17) is 9.15 Å². The van der Waals surface area contributed by atoms with Crippen LogP contribution in [0, 0.1) is 5.92 Å². The second-order valence-corrected chi connectivity index (χ2v) is 12.2. The van der Waals surface area contributed by atoms with Crippen molar-refractivity contribution >= 4 is 58.2 Å². The molecule has 2 aliphatic rings. The van der Waals surface area contributed by atoms with Gasteiger partial charge in [-0.2, -0.15) is 13.2 Å². The molecule has 1 N–H and O–H groups in total. The van der Waals surface area contributed by atoms with Gasteiger partial charge in [0.25, 0.3) is 0 Å². The number of furan rings is 1. The van der Waals surface area contributed by atoms with E-state index in [2.05, 4.69) is 5.32 Å². The zero-order valence-electron chi connectivity index (χ0n) is 23.2. The zero-order valence-corrected chi connectivity index (χ0v) is 24.8. The van der Waals surface area contributed by atoms with Gasteiger partial charge in [0, 0.05) is 5.69 Å². The quantitative estimate of drug-likeness (QED) is 0.214. The highest BCUT2D eigenvalue weighted by atomic mass is 32.2. The molecule has 0 aliphatic carbocycles. The fourth-order valence-corrected chi connectivity index (χ4v) is 8.18. The summed E-state index contributed by atoms with van der Waals surface area (Å²) in [7, 11) is 0. The number of thioether (sulfide) groups is 1. The standard InChI is InChI=1S/C30H22F3N3O7S2/c1-2-42-28(40)15-9-11-16(12-10-15)34-20(37)14-35-27-24(45-29(35)41)21(19-8-5-13-43-19)22-23(44-27)26(39)36(25(22)38)18-7-4-3-6-17(18)30(31,32)33/h3-13,21-23H,2,14H2,1H3,(H,34,37). The molecule has 4 aromatic rings. The van der Waals surface area contributed by atoms with Gasteiger partial charge in [0.1, 0.15) is 17.6 Å².